The number of benzene rings is 1. The molecule has 2 aromatic heterocycles. The number of amides is 2. The van der Waals surface area contributed by atoms with Gasteiger partial charge in [0, 0.05) is 17.5 Å². The predicted molar refractivity (Wildman–Crippen MR) is 126 cm³/mol. The third kappa shape index (κ3) is 5.15. The molecule has 7 heteroatoms. The summed E-state index contributed by atoms with van der Waals surface area (Å²) in [6, 6.07) is 10.3. The zero-order valence-corrected chi connectivity index (χ0v) is 19.1. The number of aromatic nitrogens is 2. The van der Waals surface area contributed by atoms with Gasteiger partial charge in [-0.3, -0.25) is 4.79 Å². The van der Waals surface area contributed by atoms with Gasteiger partial charge in [-0.15, -0.1) is 11.3 Å². The molecule has 0 radical (unpaired) electrons. The van der Waals surface area contributed by atoms with E-state index in [0.29, 0.717) is 17.8 Å². The number of thiophene rings is 1. The molecule has 0 unspecified atom stereocenters. The summed E-state index contributed by atoms with van der Waals surface area (Å²) in [5.74, 6) is 0.533. The molecule has 0 saturated heterocycles. The smallest absolute Gasteiger partial charge is 0.318 e. The molecule has 1 saturated carbocycles. The average molecular weight is 439 g/mol. The van der Waals surface area contributed by atoms with Crippen molar-refractivity contribution >= 4 is 27.6 Å². The van der Waals surface area contributed by atoms with E-state index in [2.05, 4.69) is 27.4 Å². The number of fused-ring (bicyclic) bond motifs is 1. The molecule has 6 nitrogen and oxygen atoms in total. The molecule has 3 aromatic rings. The molecule has 1 fully saturated rings. The van der Waals surface area contributed by atoms with E-state index in [1.165, 1.54) is 23.3 Å². The van der Waals surface area contributed by atoms with Crippen LogP contribution in [0.5, 0.6) is 0 Å². The van der Waals surface area contributed by atoms with Gasteiger partial charge in [0.05, 0.1) is 11.9 Å². The second-order valence-electron chi connectivity index (χ2n) is 8.42. The van der Waals surface area contributed by atoms with E-state index in [1.807, 2.05) is 32.0 Å². The van der Waals surface area contributed by atoms with Crippen LogP contribution in [0.4, 0.5) is 4.79 Å². The molecular weight excluding hydrogens is 408 g/mol. The fourth-order valence-corrected chi connectivity index (χ4v) is 5.28. The van der Waals surface area contributed by atoms with Crippen molar-refractivity contribution < 1.29 is 4.79 Å². The topological polar surface area (TPSA) is 78.1 Å². The molecule has 2 heterocycles. The van der Waals surface area contributed by atoms with Crippen molar-refractivity contribution in [3.63, 3.8) is 0 Å². The van der Waals surface area contributed by atoms with Crippen LogP contribution in [0.1, 0.15) is 53.9 Å². The Morgan fingerprint density at radius 1 is 1.19 bits per heavy atom. The lowest BCUT2D eigenvalue weighted by molar-refractivity contribution is 0.186. The van der Waals surface area contributed by atoms with Crippen LogP contribution < -0.4 is 10.9 Å². The minimum absolute atomic E-state index is 0.0795. The van der Waals surface area contributed by atoms with Gasteiger partial charge in [0.1, 0.15) is 10.7 Å². The Labute approximate surface area is 186 Å². The minimum Gasteiger partial charge on any atom is -0.335 e. The van der Waals surface area contributed by atoms with Crippen LogP contribution in [-0.4, -0.2) is 33.5 Å². The van der Waals surface area contributed by atoms with E-state index in [1.54, 1.807) is 4.90 Å². The van der Waals surface area contributed by atoms with Gasteiger partial charge in [0.15, 0.2) is 0 Å². The Morgan fingerprint density at radius 2 is 1.94 bits per heavy atom. The standard InChI is InChI=1S/C24H30N4O2S/c1-16-17(2)31-23-21(16)22(29)26-20(27-23)15-28(14-13-18-9-5-3-6-10-18)24(30)25-19-11-7-4-8-12-19/h3,5-6,9-10,19H,4,7-8,11-15H2,1-2H3,(H,25,30)(H,26,27,29). The number of nitrogens with zero attached hydrogens (tertiary/aromatic N) is 2. The summed E-state index contributed by atoms with van der Waals surface area (Å²) >= 11 is 1.53. The van der Waals surface area contributed by atoms with E-state index in [4.69, 9.17) is 0 Å². The Balaban J connectivity index is 1.54. The first-order chi connectivity index (χ1) is 15.0. The number of carbonyl (C=O) groups excluding carboxylic acids is 1. The highest BCUT2D eigenvalue weighted by atomic mass is 32.1. The van der Waals surface area contributed by atoms with E-state index in [0.717, 1.165) is 47.4 Å². The molecule has 4 rings (SSSR count). The number of aryl methyl sites for hydroxylation is 2. The number of hydrogen-bond acceptors (Lipinski definition) is 4. The number of H-pyrrole nitrogens is 1. The van der Waals surface area contributed by atoms with Crippen LogP contribution >= 0.6 is 11.3 Å². The average Bonchev–Trinajstić information content (AvgIpc) is 3.06. The highest BCUT2D eigenvalue weighted by Gasteiger charge is 2.21. The lowest BCUT2D eigenvalue weighted by Crippen LogP contribution is -2.46. The number of urea groups is 1. The minimum atomic E-state index is -0.127. The second-order valence-corrected chi connectivity index (χ2v) is 9.62. The van der Waals surface area contributed by atoms with Gasteiger partial charge in [-0.2, -0.15) is 0 Å². The molecular formula is C24H30N4O2S. The molecule has 2 amide bonds. The lowest BCUT2D eigenvalue weighted by Gasteiger charge is -2.28. The van der Waals surface area contributed by atoms with E-state index in [-0.39, 0.29) is 24.2 Å². The van der Waals surface area contributed by atoms with E-state index in [9.17, 15) is 9.59 Å². The van der Waals surface area contributed by atoms with Gasteiger partial charge in [-0.1, -0.05) is 49.6 Å². The molecule has 0 aliphatic heterocycles. The van der Waals surface area contributed by atoms with Crippen molar-refractivity contribution in [1.82, 2.24) is 20.2 Å². The van der Waals surface area contributed by atoms with Gasteiger partial charge >= 0.3 is 6.03 Å². The highest BCUT2D eigenvalue weighted by molar-refractivity contribution is 7.18. The molecule has 1 aliphatic carbocycles. The van der Waals surface area contributed by atoms with Crippen molar-refractivity contribution in [3.8, 4) is 0 Å². The lowest BCUT2D eigenvalue weighted by atomic mass is 9.96. The first-order valence-electron chi connectivity index (χ1n) is 11.1. The van der Waals surface area contributed by atoms with Crippen molar-refractivity contribution in [2.45, 2.75) is 65.0 Å². The largest absolute Gasteiger partial charge is 0.335 e. The summed E-state index contributed by atoms with van der Waals surface area (Å²) in [6.07, 6.45) is 6.40. The number of hydrogen-bond donors (Lipinski definition) is 2. The van der Waals surface area contributed by atoms with Crippen LogP contribution in [0, 0.1) is 13.8 Å². The Morgan fingerprint density at radius 3 is 2.68 bits per heavy atom. The summed E-state index contributed by atoms with van der Waals surface area (Å²) in [4.78, 5) is 37.0. The van der Waals surface area contributed by atoms with Crippen LogP contribution in [-0.2, 0) is 13.0 Å². The summed E-state index contributed by atoms with van der Waals surface area (Å²) in [5, 5.41) is 3.87. The van der Waals surface area contributed by atoms with Crippen molar-refractivity contribution in [2.24, 2.45) is 0 Å². The zero-order chi connectivity index (χ0) is 21.8. The monoisotopic (exact) mass is 438 g/mol. The Kier molecular flexibility index (Phi) is 6.70. The van der Waals surface area contributed by atoms with Crippen LogP contribution in [0.2, 0.25) is 0 Å². The Hall–Kier alpha value is -2.67. The quantitative estimate of drug-likeness (QED) is 0.586. The van der Waals surface area contributed by atoms with E-state index >= 15 is 0 Å². The van der Waals surface area contributed by atoms with Crippen molar-refractivity contribution in [1.29, 1.82) is 0 Å². The fourth-order valence-electron chi connectivity index (χ4n) is 4.23. The summed E-state index contributed by atoms with van der Waals surface area (Å²) in [6.45, 7) is 4.80. The maximum atomic E-state index is 13.1. The van der Waals surface area contributed by atoms with Crippen molar-refractivity contribution in [3.05, 3.63) is 62.5 Å². The van der Waals surface area contributed by atoms with E-state index < -0.39 is 0 Å². The third-order valence-corrected chi connectivity index (χ3v) is 7.26. The predicted octanol–water partition coefficient (Wildman–Crippen LogP) is 4.69. The highest BCUT2D eigenvalue weighted by Crippen LogP contribution is 2.26. The summed E-state index contributed by atoms with van der Waals surface area (Å²) in [5.41, 5.74) is 2.04. The molecule has 0 atom stereocenters. The zero-order valence-electron chi connectivity index (χ0n) is 18.2. The first-order valence-corrected chi connectivity index (χ1v) is 11.9. The Bertz CT molecular complexity index is 1100. The maximum absolute atomic E-state index is 13.1. The van der Waals surface area contributed by atoms with Crippen LogP contribution in [0.15, 0.2) is 35.1 Å². The van der Waals surface area contributed by atoms with Crippen LogP contribution in [0.25, 0.3) is 10.2 Å². The number of aromatic amines is 1. The van der Waals surface area contributed by atoms with Gasteiger partial charge in [0.25, 0.3) is 5.56 Å². The molecule has 0 spiro atoms. The van der Waals surface area contributed by atoms with Gasteiger partial charge in [0.2, 0.25) is 0 Å². The van der Waals surface area contributed by atoms with Gasteiger partial charge in [-0.25, -0.2) is 9.78 Å². The fraction of sp³-hybridized carbons (Fsp3) is 0.458. The summed E-state index contributed by atoms with van der Waals surface area (Å²) < 4.78 is 0. The second kappa shape index (κ2) is 9.64. The maximum Gasteiger partial charge on any atom is 0.318 e. The molecule has 1 aromatic carbocycles. The molecule has 31 heavy (non-hydrogen) atoms. The molecule has 0 bridgehead atoms. The molecule has 1 aliphatic rings. The van der Waals surface area contributed by atoms with Gasteiger partial charge in [-0.05, 0) is 44.2 Å². The molecule has 2 N–H and O–H groups in total. The number of nitrogens with one attached hydrogen (secondary N) is 2. The van der Waals surface area contributed by atoms with Crippen molar-refractivity contribution in [2.75, 3.05) is 6.54 Å². The SMILES string of the molecule is Cc1sc2nc(CN(CCc3ccccc3)C(=O)NC3CCCCC3)[nH]c(=O)c2c1C. The number of rotatable bonds is 6. The van der Waals surface area contributed by atoms with Gasteiger partial charge < -0.3 is 15.2 Å². The first kappa shape index (κ1) is 21.6. The van der Waals surface area contributed by atoms with Crippen LogP contribution in [0.3, 0.4) is 0 Å². The number of carbonyl (C=O) groups is 1. The summed E-state index contributed by atoms with van der Waals surface area (Å²) in [7, 11) is 0. The normalized spacial score (nSPS) is 14.6. The third-order valence-electron chi connectivity index (χ3n) is 6.16. The molecule has 164 valence electrons.